The van der Waals surface area contributed by atoms with E-state index >= 15 is 0 Å². The van der Waals surface area contributed by atoms with Crippen LogP contribution < -0.4 is 0 Å². The molecule has 1 atom stereocenters. The molecule has 0 radical (unpaired) electrons. The smallest absolute Gasteiger partial charge is 0.193 e. The van der Waals surface area contributed by atoms with Crippen molar-refractivity contribution in [3.63, 3.8) is 0 Å². The fraction of sp³-hybridized carbons (Fsp3) is 0.208. The van der Waals surface area contributed by atoms with Crippen molar-refractivity contribution < 1.29 is 9.00 Å². The molecule has 0 aliphatic carbocycles. The fourth-order valence-electron chi connectivity index (χ4n) is 2.88. The molecule has 0 fully saturated rings. The molecule has 3 aromatic carbocycles. The maximum Gasteiger partial charge on any atom is 0.193 e. The minimum Gasteiger partial charge on any atom is -0.289 e. The lowest BCUT2D eigenvalue weighted by molar-refractivity contribution is 0.103. The van der Waals surface area contributed by atoms with Crippen molar-refractivity contribution in [2.45, 2.75) is 42.9 Å². The topological polar surface area (TPSA) is 34.1 Å². The minimum absolute atomic E-state index is 0.00138. The van der Waals surface area contributed by atoms with Gasteiger partial charge in [0.25, 0.3) is 0 Å². The van der Waals surface area contributed by atoms with Crippen LogP contribution in [0, 0.1) is 6.92 Å². The monoisotopic (exact) mass is 376 g/mol. The summed E-state index contributed by atoms with van der Waals surface area (Å²) in [5.74, 6) is -0.0288. The van der Waals surface area contributed by atoms with Crippen molar-refractivity contribution in [2.75, 3.05) is 0 Å². The second-order valence-corrected chi connectivity index (χ2v) is 9.17. The van der Waals surface area contributed by atoms with Gasteiger partial charge in [-0.2, -0.15) is 0 Å². The fourth-order valence-corrected chi connectivity index (χ4v) is 4.11. The molecule has 0 bridgehead atoms. The Hall–Kier alpha value is -2.52. The van der Waals surface area contributed by atoms with Crippen molar-refractivity contribution in [3.05, 3.63) is 95.1 Å². The maximum absolute atomic E-state index is 13.1. The molecular formula is C24H24O2S. The van der Waals surface area contributed by atoms with Gasteiger partial charge >= 0.3 is 0 Å². The predicted octanol–water partition coefficient (Wildman–Crippen LogP) is 5.69. The summed E-state index contributed by atoms with van der Waals surface area (Å²) in [5, 5.41) is 0. The molecule has 27 heavy (non-hydrogen) atoms. The highest BCUT2D eigenvalue weighted by Crippen LogP contribution is 2.28. The lowest BCUT2D eigenvalue weighted by Gasteiger charge is -2.20. The van der Waals surface area contributed by atoms with Gasteiger partial charge in [0.1, 0.15) is 0 Å². The van der Waals surface area contributed by atoms with E-state index in [1.54, 1.807) is 36.4 Å². The van der Waals surface area contributed by atoms with Gasteiger partial charge in [0.2, 0.25) is 0 Å². The van der Waals surface area contributed by atoms with Crippen molar-refractivity contribution in [1.29, 1.82) is 0 Å². The predicted molar refractivity (Wildman–Crippen MR) is 111 cm³/mol. The highest BCUT2D eigenvalue weighted by atomic mass is 32.2. The van der Waals surface area contributed by atoms with Crippen LogP contribution in [0.15, 0.2) is 82.6 Å². The number of benzene rings is 3. The number of ketones is 1. The number of hydrogen-bond acceptors (Lipinski definition) is 2. The molecule has 0 saturated heterocycles. The van der Waals surface area contributed by atoms with Crippen LogP contribution in [-0.2, 0) is 16.2 Å². The average Bonchev–Trinajstić information content (AvgIpc) is 2.67. The first-order valence-electron chi connectivity index (χ1n) is 9.00. The molecule has 1 unspecified atom stereocenters. The summed E-state index contributed by atoms with van der Waals surface area (Å²) >= 11 is 0. The van der Waals surface area contributed by atoms with Crippen LogP contribution in [-0.4, -0.2) is 9.99 Å². The molecule has 0 amide bonds. The Morgan fingerprint density at radius 1 is 0.815 bits per heavy atom. The Balaban J connectivity index is 1.90. The number of rotatable bonds is 4. The zero-order valence-electron chi connectivity index (χ0n) is 16.2. The van der Waals surface area contributed by atoms with E-state index in [1.807, 2.05) is 37.3 Å². The first kappa shape index (κ1) is 19.2. The molecule has 3 heteroatoms. The Morgan fingerprint density at radius 3 is 2.00 bits per heavy atom. The minimum atomic E-state index is -1.28. The summed E-state index contributed by atoms with van der Waals surface area (Å²) < 4.78 is 13.1. The summed E-state index contributed by atoms with van der Waals surface area (Å²) in [6, 6.07) is 22.4. The van der Waals surface area contributed by atoms with E-state index < -0.39 is 10.8 Å². The third-order valence-electron chi connectivity index (χ3n) is 4.62. The average molecular weight is 377 g/mol. The summed E-state index contributed by atoms with van der Waals surface area (Å²) in [6.45, 7) is 8.42. The number of carbonyl (C=O) groups excluding carboxylic acids is 1. The normalized spacial score (nSPS) is 12.6. The van der Waals surface area contributed by atoms with E-state index in [0.29, 0.717) is 16.0 Å². The number of carbonyl (C=O) groups is 1. The lowest BCUT2D eigenvalue weighted by Crippen LogP contribution is -2.12. The number of aryl methyl sites for hydroxylation is 1. The summed E-state index contributed by atoms with van der Waals surface area (Å²) in [6.07, 6.45) is 0. The zero-order valence-corrected chi connectivity index (χ0v) is 17.0. The van der Waals surface area contributed by atoms with Gasteiger partial charge < -0.3 is 0 Å². The van der Waals surface area contributed by atoms with E-state index in [-0.39, 0.29) is 11.2 Å². The molecule has 0 heterocycles. The van der Waals surface area contributed by atoms with Crippen LogP contribution in [0.3, 0.4) is 0 Å². The summed E-state index contributed by atoms with van der Waals surface area (Å²) in [5.41, 5.74) is 3.42. The van der Waals surface area contributed by atoms with Gasteiger partial charge in [-0.05, 0) is 53.8 Å². The molecule has 138 valence electrons. The molecule has 0 spiro atoms. The SMILES string of the molecule is Cc1ccc(C(C)(C)C)cc1S(=O)c1ccc(C(=O)c2ccccc2)cc1. The van der Waals surface area contributed by atoms with Crippen molar-refractivity contribution in [2.24, 2.45) is 0 Å². The third kappa shape index (κ3) is 4.25. The van der Waals surface area contributed by atoms with Crippen LogP contribution in [0.2, 0.25) is 0 Å². The van der Waals surface area contributed by atoms with Gasteiger partial charge in [-0.25, -0.2) is 4.21 Å². The van der Waals surface area contributed by atoms with Gasteiger partial charge in [0.15, 0.2) is 5.78 Å². The van der Waals surface area contributed by atoms with Crippen LogP contribution in [0.25, 0.3) is 0 Å². The molecule has 3 aromatic rings. The van der Waals surface area contributed by atoms with Gasteiger partial charge in [-0.1, -0.05) is 63.2 Å². The van der Waals surface area contributed by atoms with Crippen molar-refractivity contribution in [1.82, 2.24) is 0 Å². The largest absolute Gasteiger partial charge is 0.289 e. The van der Waals surface area contributed by atoms with E-state index in [2.05, 4.69) is 26.8 Å². The molecule has 0 aliphatic rings. The van der Waals surface area contributed by atoms with Crippen LogP contribution in [0.5, 0.6) is 0 Å². The summed E-state index contributed by atoms with van der Waals surface area (Å²) in [4.78, 5) is 14.1. The Kier molecular flexibility index (Phi) is 5.43. The second-order valence-electron chi connectivity index (χ2n) is 7.72. The number of hydrogen-bond donors (Lipinski definition) is 0. The van der Waals surface area contributed by atoms with E-state index in [9.17, 15) is 9.00 Å². The van der Waals surface area contributed by atoms with E-state index in [1.165, 1.54) is 0 Å². The molecule has 0 aliphatic heterocycles. The Morgan fingerprint density at radius 2 is 1.41 bits per heavy atom. The molecule has 2 nitrogen and oxygen atoms in total. The van der Waals surface area contributed by atoms with Gasteiger partial charge in [-0.3, -0.25) is 4.79 Å². The van der Waals surface area contributed by atoms with Crippen LogP contribution >= 0.6 is 0 Å². The molecule has 0 saturated carbocycles. The maximum atomic E-state index is 13.1. The molecule has 3 rings (SSSR count). The molecule has 0 aromatic heterocycles. The van der Waals surface area contributed by atoms with Crippen molar-refractivity contribution in [3.8, 4) is 0 Å². The van der Waals surface area contributed by atoms with Gasteiger partial charge in [0, 0.05) is 20.9 Å². The zero-order chi connectivity index (χ0) is 19.6. The third-order valence-corrected chi connectivity index (χ3v) is 6.16. The van der Waals surface area contributed by atoms with E-state index in [0.717, 1.165) is 16.0 Å². The van der Waals surface area contributed by atoms with E-state index in [4.69, 9.17) is 0 Å². The Labute approximate surface area is 163 Å². The summed E-state index contributed by atoms with van der Waals surface area (Å²) in [7, 11) is -1.28. The highest BCUT2D eigenvalue weighted by molar-refractivity contribution is 7.85. The van der Waals surface area contributed by atoms with Gasteiger partial charge in [-0.15, -0.1) is 0 Å². The van der Waals surface area contributed by atoms with Gasteiger partial charge in [0.05, 0.1) is 10.8 Å². The highest BCUT2D eigenvalue weighted by Gasteiger charge is 2.18. The van der Waals surface area contributed by atoms with Crippen LogP contribution in [0.1, 0.15) is 47.8 Å². The second kappa shape index (κ2) is 7.61. The standard InChI is InChI=1S/C24H24O2S/c1-17-10-13-20(24(2,3)4)16-22(17)27(26)21-14-11-19(12-15-21)23(25)18-8-6-5-7-9-18/h5-16H,1-4H3. The molecule has 0 N–H and O–H groups in total. The Bertz CT molecular complexity index is 981. The quantitative estimate of drug-likeness (QED) is 0.548. The first-order valence-corrected chi connectivity index (χ1v) is 10.1. The lowest BCUT2D eigenvalue weighted by atomic mass is 9.87. The first-order chi connectivity index (χ1) is 12.8. The molecular weight excluding hydrogens is 352 g/mol. The van der Waals surface area contributed by atoms with Crippen LogP contribution in [0.4, 0.5) is 0 Å². The van der Waals surface area contributed by atoms with Crippen molar-refractivity contribution >= 4 is 16.6 Å².